The second-order valence-corrected chi connectivity index (χ2v) is 3.25. The summed E-state index contributed by atoms with van der Waals surface area (Å²) in [6.45, 7) is 0. The number of carboxylic acid groups (broad SMARTS) is 1. The minimum atomic E-state index is -1.03. The SMILES string of the molecule is O=C(O)c1ncccc1-c1ccsn1. The van der Waals surface area contributed by atoms with Crippen molar-refractivity contribution in [2.24, 2.45) is 0 Å². The van der Waals surface area contributed by atoms with E-state index in [4.69, 9.17) is 5.11 Å². The van der Waals surface area contributed by atoms with Gasteiger partial charge >= 0.3 is 5.97 Å². The zero-order valence-electron chi connectivity index (χ0n) is 7.04. The highest BCUT2D eigenvalue weighted by molar-refractivity contribution is 7.03. The van der Waals surface area contributed by atoms with E-state index in [2.05, 4.69) is 9.36 Å². The van der Waals surface area contributed by atoms with E-state index in [-0.39, 0.29) is 5.69 Å². The molecule has 0 atom stereocenters. The summed E-state index contributed by atoms with van der Waals surface area (Å²) < 4.78 is 4.07. The Morgan fingerprint density at radius 1 is 1.43 bits per heavy atom. The highest BCUT2D eigenvalue weighted by Gasteiger charge is 2.13. The Morgan fingerprint density at radius 2 is 2.29 bits per heavy atom. The van der Waals surface area contributed by atoms with Crippen molar-refractivity contribution in [3.63, 3.8) is 0 Å². The summed E-state index contributed by atoms with van der Waals surface area (Å²) in [5, 5.41) is 10.7. The van der Waals surface area contributed by atoms with Crippen molar-refractivity contribution in [3.8, 4) is 11.3 Å². The van der Waals surface area contributed by atoms with Crippen LogP contribution < -0.4 is 0 Å². The quantitative estimate of drug-likeness (QED) is 0.815. The standard InChI is InChI=1S/C9H6N2O2S/c12-9(13)8-6(2-1-4-10-8)7-3-5-14-11-7/h1-5H,(H,12,13). The lowest BCUT2D eigenvalue weighted by Crippen LogP contribution is -2.02. The van der Waals surface area contributed by atoms with E-state index in [1.807, 2.05) is 0 Å². The largest absolute Gasteiger partial charge is 0.476 e. The van der Waals surface area contributed by atoms with Gasteiger partial charge in [-0.05, 0) is 29.7 Å². The van der Waals surface area contributed by atoms with E-state index in [0.29, 0.717) is 11.3 Å². The van der Waals surface area contributed by atoms with E-state index < -0.39 is 5.97 Å². The highest BCUT2D eigenvalue weighted by atomic mass is 32.1. The summed E-state index contributed by atoms with van der Waals surface area (Å²) in [6.07, 6.45) is 1.46. The van der Waals surface area contributed by atoms with E-state index in [1.165, 1.54) is 17.7 Å². The van der Waals surface area contributed by atoms with Crippen LogP contribution in [0.15, 0.2) is 29.8 Å². The number of aromatic nitrogens is 2. The number of rotatable bonds is 2. The van der Waals surface area contributed by atoms with Gasteiger partial charge in [0.05, 0.1) is 5.69 Å². The van der Waals surface area contributed by atoms with Crippen molar-refractivity contribution in [1.82, 2.24) is 9.36 Å². The van der Waals surface area contributed by atoms with Crippen molar-refractivity contribution in [3.05, 3.63) is 35.5 Å². The number of carbonyl (C=O) groups is 1. The van der Waals surface area contributed by atoms with Gasteiger partial charge in [-0.1, -0.05) is 0 Å². The molecule has 0 fully saturated rings. The normalized spacial score (nSPS) is 10.0. The Bertz CT molecular complexity index is 454. The van der Waals surface area contributed by atoms with Crippen LogP contribution >= 0.6 is 11.5 Å². The monoisotopic (exact) mass is 206 g/mol. The topological polar surface area (TPSA) is 63.1 Å². The Labute approximate surface area is 84.0 Å². The van der Waals surface area contributed by atoms with Crippen LogP contribution in [-0.2, 0) is 0 Å². The Morgan fingerprint density at radius 3 is 2.93 bits per heavy atom. The van der Waals surface area contributed by atoms with Crippen LogP contribution in [0.1, 0.15) is 10.5 Å². The van der Waals surface area contributed by atoms with Gasteiger partial charge in [0.15, 0.2) is 5.69 Å². The van der Waals surface area contributed by atoms with E-state index in [1.54, 1.807) is 23.6 Å². The zero-order valence-corrected chi connectivity index (χ0v) is 7.86. The van der Waals surface area contributed by atoms with Gasteiger partial charge < -0.3 is 5.11 Å². The summed E-state index contributed by atoms with van der Waals surface area (Å²) >= 11 is 1.28. The number of carboxylic acids is 1. The second kappa shape index (κ2) is 3.55. The van der Waals surface area contributed by atoms with Crippen molar-refractivity contribution >= 4 is 17.5 Å². The van der Waals surface area contributed by atoms with Crippen LogP contribution in [0.4, 0.5) is 0 Å². The molecule has 0 saturated carbocycles. The summed E-state index contributed by atoms with van der Waals surface area (Å²) in [7, 11) is 0. The van der Waals surface area contributed by atoms with Crippen LogP contribution in [0.3, 0.4) is 0 Å². The lowest BCUT2D eigenvalue weighted by atomic mass is 10.1. The number of hydrogen-bond donors (Lipinski definition) is 1. The molecule has 0 spiro atoms. The van der Waals surface area contributed by atoms with Gasteiger partial charge in [-0.2, -0.15) is 4.37 Å². The molecule has 0 aliphatic carbocycles. The maximum atomic E-state index is 10.8. The third-order valence-electron chi connectivity index (χ3n) is 1.72. The lowest BCUT2D eigenvalue weighted by Gasteiger charge is -1.99. The maximum Gasteiger partial charge on any atom is 0.355 e. The first-order valence-electron chi connectivity index (χ1n) is 3.88. The number of nitrogens with zero attached hydrogens (tertiary/aromatic N) is 2. The predicted molar refractivity (Wildman–Crippen MR) is 52.3 cm³/mol. The summed E-state index contributed by atoms with van der Waals surface area (Å²) in [6, 6.07) is 5.17. The smallest absolute Gasteiger partial charge is 0.355 e. The van der Waals surface area contributed by atoms with E-state index in [0.717, 1.165) is 0 Å². The van der Waals surface area contributed by atoms with Gasteiger partial charge in [0, 0.05) is 17.1 Å². The average Bonchev–Trinajstić information content (AvgIpc) is 2.70. The molecule has 14 heavy (non-hydrogen) atoms. The fraction of sp³-hybridized carbons (Fsp3) is 0. The zero-order chi connectivity index (χ0) is 9.97. The predicted octanol–water partition coefficient (Wildman–Crippen LogP) is 1.90. The van der Waals surface area contributed by atoms with Gasteiger partial charge in [-0.3, -0.25) is 0 Å². The molecule has 0 radical (unpaired) electrons. The minimum Gasteiger partial charge on any atom is -0.476 e. The van der Waals surface area contributed by atoms with Crippen molar-refractivity contribution in [2.45, 2.75) is 0 Å². The molecule has 0 aromatic carbocycles. The fourth-order valence-corrected chi connectivity index (χ4v) is 1.66. The molecule has 0 bridgehead atoms. The Hall–Kier alpha value is -1.75. The molecular weight excluding hydrogens is 200 g/mol. The number of aromatic carboxylic acids is 1. The molecule has 2 aromatic heterocycles. The van der Waals surface area contributed by atoms with Crippen LogP contribution in [0.2, 0.25) is 0 Å². The molecule has 0 unspecified atom stereocenters. The number of hydrogen-bond acceptors (Lipinski definition) is 4. The van der Waals surface area contributed by atoms with Crippen LogP contribution in [0.5, 0.6) is 0 Å². The van der Waals surface area contributed by atoms with Crippen molar-refractivity contribution < 1.29 is 9.90 Å². The lowest BCUT2D eigenvalue weighted by molar-refractivity contribution is 0.0691. The van der Waals surface area contributed by atoms with Crippen molar-refractivity contribution in [1.29, 1.82) is 0 Å². The minimum absolute atomic E-state index is 0.0402. The molecule has 2 aromatic rings. The molecule has 70 valence electrons. The Balaban J connectivity index is 2.58. The molecule has 2 heterocycles. The molecular formula is C9H6N2O2S. The van der Waals surface area contributed by atoms with Gasteiger partial charge in [0.25, 0.3) is 0 Å². The van der Waals surface area contributed by atoms with Crippen LogP contribution in [-0.4, -0.2) is 20.4 Å². The third kappa shape index (κ3) is 1.49. The third-order valence-corrected chi connectivity index (χ3v) is 2.28. The molecule has 0 amide bonds. The second-order valence-electron chi connectivity index (χ2n) is 2.59. The van der Waals surface area contributed by atoms with Gasteiger partial charge in [-0.15, -0.1) is 0 Å². The molecule has 5 heteroatoms. The molecule has 0 saturated heterocycles. The van der Waals surface area contributed by atoms with Crippen LogP contribution in [0, 0.1) is 0 Å². The first-order valence-corrected chi connectivity index (χ1v) is 4.72. The molecule has 0 aliphatic rings. The first-order chi connectivity index (χ1) is 6.79. The number of pyridine rings is 1. The van der Waals surface area contributed by atoms with Gasteiger partial charge in [-0.25, -0.2) is 9.78 Å². The van der Waals surface area contributed by atoms with Gasteiger partial charge in [0.2, 0.25) is 0 Å². The maximum absolute atomic E-state index is 10.8. The summed E-state index contributed by atoms with van der Waals surface area (Å²) in [4.78, 5) is 14.6. The molecule has 4 nitrogen and oxygen atoms in total. The van der Waals surface area contributed by atoms with Crippen molar-refractivity contribution in [2.75, 3.05) is 0 Å². The first kappa shape index (κ1) is 8.83. The Kier molecular flexibility index (Phi) is 2.24. The van der Waals surface area contributed by atoms with E-state index in [9.17, 15) is 4.79 Å². The molecule has 2 rings (SSSR count). The average molecular weight is 206 g/mol. The fourth-order valence-electron chi connectivity index (χ4n) is 1.13. The highest BCUT2D eigenvalue weighted by Crippen LogP contribution is 2.21. The molecule has 1 N–H and O–H groups in total. The van der Waals surface area contributed by atoms with E-state index >= 15 is 0 Å². The molecule has 0 aliphatic heterocycles. The summed E-state index contributed by atoms with van der Waals surface area (Å²) in [5.41, 5.74) is 1.25. The van der Waals surface area contributed by atoms with Gasteiger partial charge in [0.1, 0.15) is 0 Å². The van der Waals surface area contributed by atoms with Crippen LogP contribution in [0.25, 0.3) is 11.3 Å². The summed E-state index contributed by atoms with van der Waals surface area (Å²) in [5.74, 6) is -1.03.